The highest BCUT2D eigenvalue weighted by molar-refractivity contribution is 6.42. The summed E-state index contributed by atoms with van der Waals surface area (Å²) < 4.78 is 0. The second kappa shape index (κ2) is 6.95. The Hall–Kier alpha value is -1.26. The number of carbonyl (C=O) groups excluding carboxylic acids is 2. The molecule has 0 radical (unpaired) electrons. The Balaban J connectivity index is 1.69. The van der Waals surface area contributed by atoms with Crippen LogP contribution in [0.25, 0.3) is 0 Å². The fraction of sp³-hybridized carbons (Fsp3) is 0.429. The smallest absolute Gasteiger partial charge is 0.242 e. The number of halogens is 2. The third kappa shape index (κ3) is 4.12. The van der Waals surface area contributed by atoms with Gasteiger partial charge >= 0.3 is 0 Å². The lowest BCUT2D eigenvalue weighted by molar-refractivity contribution is -0.125. The Morgan fingerprint density at radius 2 is 2.15 bits per heavy atom. The van der Waals surface area contributed by atoms with Gasteiger partial charge in [-0.2, -0.15) is 0 Å². The normalized spacial score (nSPS) is 17.9. The van der Waals surface area contributed by atoms with Crippen LogP contribution in [0.2, 0.25) is 10.0 Å². The molecule has 1 saturated heterocycles. The number of benzene rings is 1. The summed E-state index contributed by atoms with van der Waals surface area (Å²) in [5.74, 6) is -0.161. The van der Waals surface area contributed by atoms with Gasteiger partial charge in [-0.3, -0.25) is 9.59 Å². The minimum Gasteiger partial charge on any atom is -0.354 e. The van der Waals surface area contributed by atoms with E-state index in [0.717, 1.165) is 18.4 Å². The van der Waals surface area contributed by atoms with Crippen molar-refractivity contribution >= 4 is 35.0 Å². The summed E-state index contributed by atoms with van der Waals surface area (Å²) >= 11 is 11.8. The van der Waals surface area contributed by atoms with Gasteiger partial charge in [0.25, 0.3) is 0 Å². The number of hydrogen-bond donors (Lipinski definition) is 2. The highest BCUT2D eigenvalue weighted by atomic mass is 35.5. The predicted molar refractivity (Wildman–Crippen MR) is 79.0 cm³/mol. The lowest BCUT2D eigenvalue weighted by Gasteiger charge is -2.10. The molecule has 0 saturated carbocycles. The Labute approximate surface area is 127 Å². The van der Waals surface area contributed by atoms with E-state index in [1.807, 2.05) is 12.1 Å². The molecule has 0 spiro atoms. The van der Waals surface area contributed by atoms with Crippen LogP contribution in [-0.2, 0) is 16.0 Å². The molecule has 0 aromatic heterocycles. The summed E-state index contributed by atoms with van der Waals surface area (Å²) in [4.78, 5) is 22.8. The van der Waals surface area contributed by atoms with Crippen LogP contribution in [0.1, 0.15) is 24.8 Å². The molecule has 1 aliphatic rings. The first-order chi connectivity index (χ1) is 9.56. The maximum Gasteiger partial charge on any atom is 0.242 e. The van der Waals surface area contributed by atoms with Gasteiger partial charge < -0.3 is 10.6 Å². The second-order valence-corrected chi connectivity index (χ2v) is 5.62. The molecule has 108 valence electrons. The summed E-state index contributed by atoms with van der Waals surface area (Å²) in [5.41, 5.74) is 1.09. The van der Waals surface area contributed by atoms with Crippen LogP contribution in [0.5, 0.6) is 0 Å². The first-order valence-electron chi connectivity index (χ1n) is 6.57. The Morgan fingerprint density at radius 3 is 2.80 bits per heavy atom. The first-order valence-corrected chi connectivity index (χ1v) is 7.33. The molecule has 2 amide bonds. The van der Waals surface area contributed by atoms with Gasteiger partial charge in [-0.25, -0.2) is 0 Å². The summed E-state index contributed by atoms with van der Waals surface area (Å²) in [5, 5.41) is 6.56. The number of amides is 2. The van der Waals surface area contributed by atoms with Gasteiger partial charge in [0.05, 0.1) is 10.0 Å². The molecule has 6 heteroatoms. The third-order valence-electron chi connectivity index (χ3n) is 3.24. The average molecular weight is 315 g/mol. The van der Waals surface area contributed by atoms with E-state index in [1.54, 1.807) is 6.07 Å². The van der Waals surface area contributed by atoms with Gasteiger partial charge in [0, 0.05) is 13.0 Å². The zero-order chi connectivity index (χ0) is 14.5. The van der Waals surface area contributed by atoms with E-state index >= 15 is 0 Å². The van der Waals surface area contributed by atoms with Crippen molar-refractivity contribution < 1.29 is 9.59 Å². The number of rotatable bonds is 5. The monoisotopic (exact) mass is 314 g/mol. The largest absolute Gasteiger partial charge is 0.354 e. The van der Waals surface area contributed by atoms with E-state index in [9.17, 15) is 9.59 Å². The topological polar surface area (TPSA) is 58.2 Å². The number of hydrogen-bond acceptors (Lipinski definition) is 2. The predicted octanol–water partition coefficient (Wildman–Crippen LogP) is 2.32. The van der Waals surface area contributed by atoms with E-state index in [2.05, 4.69) is 10.6 Å². The number of carbonyl (C=O) groups is 2. The van der Waals surface area contributed by atoms with E-state index in [-0.39, 0.29) is 17.9 Å². The minimum absolute atomic E-state index is 0.0547. The van der Waals surface area contributed by atoms with Crippen molar-refractivity contribution in [1.29, 1.82) is 0 Å². The van der Waals surface area contributed by atoms with E-state index in [0.29, 0.717) is 29.4 Å². The molecule has 2 N–H and O–H groups in total. The molecular formula is C14H16Cl2N2O2. The fourth-order valence-corrected chi connectivity index (χ4v) is 2.45. The third-order valence-corrected chi connectivity index (χ3v) is 3.98. The molecule has 1 aromatic carbocycles. The van der Waals surface area contributed by atoms with Crippen LogP contribution < -0.4 is 10.6 Å². The van der Waals surface area contributed by atoms with Crippen molar-refractivity contribution in [3.05, 3.63) is 33.8 Å². The maximum atomic E-state index is 11.7. The van der Waals surface area contributed by atoms with Gasteiger partial charge in [0.1, 0.15) is 6.04 Å². The van der Waals surface area contributed by atoms with Crippen molar-refractivity contribution in [3.8, 4) is 0 Å². The van der Waals surface area contributed by atoms with Crippen molar-refractivity contribution in [2.75, 3.05) is 6.54 Å². The summed E-state index contributed by atoms with van der Waals surface area (Å²) in [6.45, 7) is 0.575. The maximum absolute atomic E-state index is 11.7. The van der Waals surface area contributed by atoms with Crippen molar-refractivity contribution in [3.63, 3.8) is 0 Å². The van der Waals surface area contributed by atoms with Gasteiger partial charge in [-0.1, -0.05) is 29.3 Å². The summed E-state index contributed by atoms with van der Waals surface area (Å²) in [6.07, 6.45) is 2.64. The summed E-state index contributed by atoms with van der Waals surface area (Å²) in [7, 11) is 0. The quantitative estimate of drug-likeness (QED) is 0.819. The minimum atomic E-state index is -0.368. The van der Waals surface area contributed by atoms with Crippen molar-refractivity contribution in [1.82, 2.24) is 10.6 Å². The van der Waals surface area contributed by atoms with Gasteiger partial charge in [-0.05, 0) is 37.0 Å². The van der Waals surface area contributed by atoms with Crippen molar-refractivity contribution in [2.24, 2.45) is 0 Å². The summed E-state index contributed by atoms with van der Waals surface area (Å²) in [6, 6.07) is 5.16. The van der Waals surface area contributed by atoms with E-state index in [4.69, 9.17) is 23.2 Å². The highest BCUT2D eigenvalue weighted by Gasteiger charge is 2.26. The number of nitrogens with one attached hydrogen (secondary N) is 2. The van der Waals surface area contributed by atoms with Crippen LogP contribution in [0.4, 0.5) is 0 Å². The standard InChI is InChI=1S/C14H16Cl2N2O2/c15-10-4-3-9(8-11(10)16)2-1-7-17-14(20)12-5-6-13(19)18-12/h3-4,8,12H,1-2,5-7H2,(H,17,20)(H,18,19). The number of aryl methyl sites for hydroxylation is 1. The highest BCUT2D eigenvalue weighted by Crippen LogP contribution is 2.23. The molecule has 2 rings (SSSR count). The molecule has 20 heavy (non-hydrogen) atoms. The van der Waals surface area contributed by atoms with E-state index < -0.39 is 0 Å². The van der Waals surface area contributed by atoms with Crippen LogP contribution in [-0.4, -0.2) is 24.4 Å². The lowest BCUT2D eigenvalue weighted by atomic mass is 10.1. The molecule has 1 aliphatic heterocycles. The second-order valence-electron chi connectivity index (χ2n) is 4.80. The van der Waals surface area contributed by atoms with Crippen LogP contribution in [0, 0.1) is 0 Å². The van der Waals surface area contributed by atoms with Crippen LogP contribution in [0.3, 0.4) is 0 Å². The Bertz CT molecular complexity index is 520. The SMILES string of the molecule is O=C1CCC(C(=O)NCCCc2ccc(Cl)c(Cl)c2)N1. The average Bonchev–Trinajstić information content (AvgIpc) is 2.85. The van der Waals surface area contributed by atoms with Gasteiger partial charge in [0.2, 0.25) is 11.8 Å². The zero-order valence-electron chi connectivity index (χ0n) is 10.9. The molecule has 1 unspecified atom stereocenters. The van der Waals surface area contributed by atoms with Crippen LogP contribution in [0.15, 0.2) is 18.2 Å². The van der Waals surface area contributed by atoms with Gasteiger partial charge in [0.15, 0.2) is 0 Å². The first kappa shape index (κ1) is 15.1. The molecular weight excluding hydrogens is 299 g/mol. The molecule has 0 aliphatic carbocycles. The molecule has 1 atom stereocenters. The molecule has 1 aromatic rings. The van der Waals surface area contributed by atoms with Crippen LogP contribution >= 0.6 is 23.2 Å². The lowest BCUT2D eigenvalue weighted by Crippen LogP contribution is -2.41. The fourth-order valence-electron chi connectivity index (χ4n) is 2.13. The Kier molecular flexibility index (Phi) is 5.26. The molecule has 1 fully saturated rings. The molecule has 0 bridgehead atoms. The van der Waals surface area contributed by atoms with Crippen molar-refractivity contribution in [2.45, 2.75) is 31.7 Å². The van der Waals surface area contributed by atoms with Gasteiger partial charge in [-0.15, -0.1) is 0 Å². The molecule has 4 nitrogen and oxygen atoms in total. The Morgan fingerprint density at radius 1 is 1.35 bits per heavy atom. The zero-order valence-corrected chi connectivity index (χ0v) is 12.4. The molecule has 1 heterocycles. The van der Waals surface area contributed by atoms with E-state index in [1.165, 1.54) is 0 Å².